The molecule has 1 aromatic rings. The van der Waals surface area contributed by atoms with Crippen molar-refractivity contribution in [3.05, 3.63) is 23.8 Å². The molecule has 4 heteroatoms. The van der Waals surface area contributed by atoms with Crippen molar-refractivity contribution in [3.63, 3.8) is 0 Å². The number of carbonyl (C=O) groups excluding carboxylic acids is 2. The van der Waals surface area contributed by atoms with Crippen molar-refractivity contribution in [3.8, 4) is 5.75 Å². The van der Waals surface area contributed by atoms with E-state index in [9.17, 15) is 9.59 Å². The van der Waals surface area contributed by atoms with Crippen LogP contribution in [0.25, 0.3) is 0 Å². The number of amides is 1. The van der Waals surface area contributed by atoms with Gasteiger partial charge in [0.2, 0.25) is 5.91 Å². The van der Waals surface area contributed by atoms with Crippen LogP contribution in [-0.4, -0.2) is 18.3 Å². The average molecular weight is 263 g/mol. The van der Waals surface area contributed by atoms with E-state index in [1.165, 1.54) is 0 Å². The van der Waals surface area contributed by atoms with Crippen molar-refractivity contribution in [1.82, 2.24) is 0 Å². The number of aldehydes is 1. The Morgan fingerprint density at radius 1 is 1.42 bits per heavy atom. The quantitative estimate of drug-likeness (QED) is 0.767. The summed E-state index contributed by atoms with van der Waals surface area (Å²) in [7, 11) is 0. The van der Waals surface area contributed by atoms with E-state index in [1.807, 2.05) is 20.8 Å². The summed E-state index contributed by atoms with van der Waals surface area (Å²) < 4.78 is 5.62. The van der Waals surface area contributed by atoms with Gasteiger partial charge in [0.25, 0.3) is 0 Å². The van der Waals surface area contributed by atoms with Crippen LogP contribution in [0, 0.1) is 0 Å². The molecule has 19 heavy (non-hydrogen) atoms. The molecule has 0 fully saturated rings. The van der Waals surface area contributed by atoms with Crippen LogP contribution < -0.4 is 10.1 Å². The molecule has 1 N–H and O–H groups in total. The Balaban J connectivity index is 2.87. The molecular formula is C15H21NO3. The van der Waals surface area contributed by atoms with Crippen LogP contribution in [0.4, 0.5) is 5.69 Å². The predicted octanol–water partition coefficient (Wildman–Crippen LogP) is 3.42. The highest BCUT2D eigenvalue weighted by atomic mass is 16.5. The van der Waals surface area contributed by atoms with Crippen LogP contribution in [-0.2, 0) is 4.79 Å². The number of hydrogen-bond donors (Lipinski definition) is 1. The highest BCUT2D eigenvalue weighted by Gasteiger charge is 2.10. The number of nitrogens with one attached hydrogen (secondary N) is 1. The molecule has 0 atom stereocenters. The van der Waals surface area contributed by atoms with Crippen LogP contribution in [0.3, 0.4) is 0 Å². The molecule has 1 rings (SSSR count). The Morgan fingerprint density at radius 2 is 2.16 bits per heavy atom. The molecule has 0 aliphatic carbocycles. The lowest BCUT2D eigenvalue weighted by molar-refractivity contribution is -0.116. The number of ether oxygens (including phenoxy) is 1. The van der Waals surface area contributed by atoms with Crippen LogP contribution in [0.1, 0.15) is 50.4 Å². The molecule has 0 saturated carbocycles. The summed E-state index contributed by atoms with van der Waals surface area (Å²) in [6.45, 7) is 5.86. The van der Waals surface area contributed by atoms with Crippen molar-refractivity contribution in [2.24, 2.45) is 0 Å². The van der Waals surface area contributed by atoms with Gasteiger partial charge in [0, 0.05) is 12.0 Å². The maximum atomic E-state index is 11.8. The monoisotopic (exact) mass is 263 g/mol. The normalized spacial score (nSPS) is 10.3. The Kier molecular flexibility index (Phi) is 6.06. The van der Waals surface area contributed by atoms with Gasteiger partial charge in [-0.1, -0.05) is 13.3 Å². The molecule has 0 spiro atoms. The highest BCUT2D eigenvalue weighted by Crippen LogP contribution is 2.26. The van der Waals surface area contributed by atoms with E-state index in [1.54, 1.807) is 18.2 Å². The van der Waals surface area contributed by atoms with E-state index < -0.39 is 0 Å². The molecule has 0 heterocycles. The van der Waals surface area contributed by atoms with Crippen LogP contribution in [0.5, 0.6) is 5.75 Å². The van der Waals surface area contributed by atoms with E-state index in [0.29, 0.717) is 23.4 Å². The van der Waals surface area contributed by atoms with Crippen LogP contribution >= 0.6 is 0 Å². The fraction of sp³-hybridized carbons (Fsp3) is 0.467. The number of benzene rings is 1. The van der Waals surface area contributed by atoms with Gasteiger partial charge >= 0.3 is 0 Å². The van der Waals surface area contributed by atoms with Gasteiger partial charge in [0.15, 0.2) is 0 Å². The van der Waals surface area contributed by atoms with E-state index in [4.69, 9.17) is 4.74 Å². The highest BCUT2D eigenvalue weighted by molar-refractivity contribution is 5.93. The standard InChI is InChI=1S/C15H21NO3/c1-4-5-6-15(18)16-13-9-12(10-17)7-8-14(13)19-11(2)3/h7-11H,4-6H2,1-3H3,(H,16,18). The molecule has 0 aromatic heterocycles. The molecule has 4 nitrogen and oxygen atoms in total. The summed E-state index contributed by atoms with van der Waals surface area (Å²) in [4.78, 5) is 22.6. The maximum absolute atomic E-state index is 11.8. The zero-order valence-electron chi connectivity index (χ0n) is 11.7. The maximum Gasteiger partial charge on any atom is 0.224 e. The molecule has 104 valence electrons. The number of unbranched alkanes of at least 4 members (excludes halogenated alkanes) is 1. The molecule has 0 unspecified atom stereocenters. The molecular weight excluding hydrogens is 242 g/mol. The molecule has 0 bridgehead atoms. The van der Waals surface area contributed by atoms with Crippen LogP contribution in [0.15, 0.2) is 18.2 Å². The van der Waals surface area contributed by atoms with E-state index in [2.05, 4.69) is 5.32 Å². The van der Waals surface area contributed by atoms with Crippen molar-refractivity contribution in [2.75, 3.05) is 5.32 Å². The lowest BCUT2D eigenvalue weighted by Gasteiger charge is -2.15. The largest absolute Gasteiger partial charge is 0.489 e. The van der Waals surface area contributed by atoms with E-state index in [-0.39, 0.29) is 12.0 Å². The minimum Gasteiger partial charge on any atom is -0.489 e. The molecule has 0 aliphatic heterocycles. The van der Waals surface area contributed by atoms with Gasteiger partial charge in [-0.25, -0.2) is 0 Å². The van der Waals surface area contributed by atoms with E-state index >= 15 is 0 Å². The van der Waals surface area contributed by atoms with Crippen molar-refractivity contribution >= 4 is 17.9 Å². The fourth-order valence-corrected chi connectivity index (χ4v) is 1.63. The number of hydrogen-bond acceptors (Lipinski definition) is 3. The molecule has 0 aliphatic rings. The zero-order valence-corrected chi connectivity index (χ0v) is 11.7. The van der Waals surface area contributed by atoms with Gasteiger partial charge in [0.05, 0.1) is 11.8 Å². The number of carbonyl (C=O) groups is 2. The second-order valence-corrected chi connectivity index (χ2v) is 4.69. The lowest BCUT2D eigenvalue weighted by atomic mass is 10.2. The summed E-state index contributed by atoms with van der Waals surface area (Å²) >= 11 is 0. The minimum atomic E-state index is -0.0569. The van der Waals surface area contributed by atoms with E-state index in [0.717, 1.165) is 19.1 Å². The summed E-state index contributed by atoms with van der Waals surface area (Å²) in [6, 6.07) is 5.01. The van der Waals surface area contributed by atoms with Gasteiger partial charge in [-0.05, 0) is 38.5 Å². The van der Waals surface area contributed by atoms with Gasteiger partial charge in [0.1, 0.15) is 12.0 Å². The smallest absolute Gasteiger partial charge is 0.224 e. The average Bonchev–Trinajstić information content (AvgIpc) is 2.37. The lowest BCUT2D eigenvalue weighted by Crippen LogP contribution is -2.14. The third kappa shape index (κ3) is 5.12. The van der Waals surface area contributed by atoms with Gasteiger partial charge in [-0.15, -0.1) is 0 Å². The zero-order chi connectivity index (χ0) is 14.3. The topological polar surface area (TPSA) is 55.4 Å². The second kappa shape index (κ2) is 7.56. The first-order chi connectivity index (χ1) is 9.06. The third-order valence-corrected chi connectivity index (χ3v) is 2.53. The Labute approximate surface area is 114 Å². The number of rotatable bonds is 7. The summed E-state index contributed by atoms with van der Waals surface area (Å²) in [6.07, 6.45) is 3.05. The Bertz CT molecular complexity index is 441. The fourth-order valence-electron chi connectivity index (χ4n) is 1.63. The minimum absolute atomic E-state index is 0.00775. The Hall–Kier alpha value is -1.84. The predicted molar refractivity (Wildman–Crippen MR) is 75.7 cm³/mol. The Morgan fingerprint density at radius 3 is 2.74 bits per heavy atom. The molecule has 1 aromatic carbocycles. The molecule has 0 radical (unpaired) electrons. The first-order valence-electron chi connectivity index (χ1n) is 6.62. The number of anilines is 1. The molecule has 0 saturated heterocycles. The second-order valence-electron chi connectivity index (χ2n) is 4.69. The van der Waals surface area contributed by atoms with Gasteiger partial charge in [-0.3, -0.25) is 9.59 Å². The van der Waals surface area contributed by atoms with Crippen LogP contribution in [0.2, 0.25) is 0 Å². The van der Waals surface area contributed by atoms with Gasteiger partial charge in [-0.2, -0.15) is 0 Å². The van der Waals surface area contributed by atoms with Crippen molar-refractivity contribution in [1.29, 1.82) is 0 Å². The summed E-state index contributed by atoms with van der Waals surface area (Å²) in [5, 5.41) is 2.80. The summed E-state index contributed by atoms with van der Waals surface area (Å²) in [5.41, 5.74) is 1.07. The van der Waals surface area contributed by atoms with Gasteiger partial charge < -0.3 is 10.1 Å². The van der Waals surface area contributed by atoms with Crippen molar-refractivity contribution < 1.29 is 14.3 Å². The first-order valence-corrected chi connectivity index (χ1v) is 6.62. The third-order valence-electron chi connectivity index (χ3n) is 2.53. The SMILES string of the molecule is CCCCC(=O)Nc1cc(C=O)ccc1OC(C)C. The summed E-state index contributed by atoms with van der Waals surface area (Å²) in [5.74, 6) is 0.531. The van der Waals surface area contributed by atoms with Crippen molar-refractivity contribution in [2.45, 2.75) is 46.1 Å². The first kappa shape index (κ1) is 15.2. The molecule has 1 amide bonds.